The van der Waals surface area contributed by atoms with Crippen LogP contribution < -0.4 is 9.47 Å². The van der Waals surface area contributed by atoms with Crippen LogP contribution in [-0.4, -0.2) is 24.4 Å². The summed E-state index contributed by atoms with van der Waals surface area (Å²) in [6.45, 7) is 0. The van der Waals surface area contributed by atoms with Crippen LogP contribution in [0.25, 0.3) is 22.8 Å². The van der Waals surface area contributed by atoms with E-state index in [0.29, 0.717) is 28.1 Å². The highest BCUT2D eigenvalue weighted by atomic mass is 35.5. The zero-order valence-electron chi connectivity index (χ0n) is 12.0. The maximum Gasteiger partial charge on any atom is 0.258 e. The second kappa shape index (κ2) is 6.07. The maximum atomic E-state index is 6.03. The zero-order valence-corrected chi connectivity index (χ0v) is 12.8. The van der Waals surface area contributed by atoms with E-state index in [0.717, 1.165) is 11.3 Å². The molecule has 0 aliphatic carbocycles. The quantitative estimate of drug-likeness (QED) is 0.726. The average molecular weight is 317 g/mol. The van der Waals surface area contributed by atoms with E-state index in [9.17, 15) is 0 Å². The van der Waals surface area contributed by atoms with Gasteiger partial charge in [-0.2, -0.15) is 4.98 Å². The molecule has 5 nitrogen and oxygen atoms in total. The topological polar surface area (TPSA) is 57.4 Å². The molecule has 1 heterocycles. The number of hydrogen-bond acceptors (Lipinski definition) is 5. The van der Waals surface area contributed by atoms with Crippen LogP contribution in [0.1, 0.15) is 0 Å². The van der Waals surface area contributed by atoms with Crippen LogP contribution >= 0.6 is 11.6 Å². The Kier molecular flexibility index (Phi) is 3.98. The second-order valence-corrected chi connectivity index (χ2v) is 4.93. The molecule has 0 unspecified atom stereocenters. The smallest absolute Gasteiger partial charge is 0.258 e. The summed E-state index contributed by atoms with van der Waals surface area (Å²) in [7, 11) is 3.20. The Morgan fingerprint density at radius 2 is 1.77 bits per heavy atom. The molecule has 0 fully saturated rings. The van der Waals surface area contributed by atoms with Gasteiger partial charge >= 0.3 is 0 Å². The van der Waals surface area contributed by atoms with Crippen molar-refractivity contribution in [1.82, 2.24) is 10.1 Å². The van der Waals surface area contributed by atoms with Crippen molar-refractivity contribution < 1.29 is 14.0 Å². The molecule has 0 N–H and O–H groups in total. The van der Waals surface area contributed by atoms with Gasteiger partial charge in [0.25, 0.3) is 5.89 Å². The number of benzene rings is 2. The van der Waals surface area contributed by atoms with Crippen molar-refractivity contribution in [3.8, 4) is 34.3 Å². The highest BCUT2D eigenvalue weighted by molar-refractivity contribution is 6.30. The molecule has 3 aromatic rings. The Balaban J connectivity index is 1.98. The van der Waals surface area contributed by atoms with Crippen LogP contribution in [0.2, 0.25) is 5.02 Å². The summed E-state index contributed by atoms with van der Waals surface area (Å²) in [5.41, 5.74) is 1.49. The minimum absolute atomic E-state index is 0.416. The highest BCUT2D eigenvalue weighted by Gasteiger charge is 2.15. The van der Waals surface area contributed by atoms with Crippen molar-refractivity contribution in [2.45, 2.75) is 0 Å². The molecule has 1 aromatic heterocycles. The summed E-state index contributed by atoms with van der Waals surface area (Å²) in [4.78, 5) is 4.40. The molecule has 2 aromatic carbocycles. The van der Waals surface area contributed by atoms with Gasteiger partial charge in [0.2, 0.25) is 5.82 Å². The molecule has 0 atom stereocenters. The normalized spacial score (nSPS) is 10.5. The Morgan fingerprint density at radius 3 is 2.45 bits per heavy atom. The lowest BCUT2D eigenvalue weighted by Crippen LogP contribution is -1.89. The van der Waals surface area contributed by atoms with Crippen LogP contribution in [0.4, 0.5) is 0 Å². The van der Waals surface area contributed by atoms with Gasteiger partial charge in [-0.15, -0.1) is 0 Å². The minimum Gasteiger partial charge on any atom is -0.497 e. The monoisotopic (exact) mass is 316 g/mol. The molecular weight excluding hydrogens is 304 g/mol. The van der Waals surface area contributed by atoms with E-state index in [1.54, 1.807) is 32.4 Å². The van der Waals surface area contributed by atoms with Crippen molar-refractivity contribution in [2.75, 3.05) is 14.2 Å². The van der Waals surface area contributed by atoms with Gasteiger partial charge in [-0.25, -0.2) is 0 Å². The first-order valence-electron chi connectivity index (χ1n) is 6.53. The molecule has 0 spiro atoms. The molecular formula is C16H13ClN2O3. The maximum absolute atomic E-state index is 6.03. The number of hydrogen-bond donors (Lipinski definition) is 0. The van der Waals surface area contributed by atoms with Gasteiger partial charge < -0.3 is 14.0 Å². The number of ether oxygens (including phenoxy) is 2. The average Bonchev–Trinajstić information content (AvgIpc) is 3.04. The van der Waals surface area contributed by atoms with Crippen molar-refractivity contribution in [3.63, 3.8) is 0 Å². The summed E-state index contributed by atoms with van der Waals surface area (Å²) in [5, 5.41) is 4.57. The molecule has 0 aliphatic rings. The molecule has 0 amide bonds. The molecule has 0 saturated carbocycles. The summed E-state index contributed by atoms with van der Waals surface area (Å²) in [6.07, 6.45) is 0. The van der Waals surface area contributed by atoms with Crippen LogP contribution in [0, 0.1) is 0 Å². The number of methoxy groups -OCH3 is 2. The summed E-state index contributed by atoms with van der Waals surface area (Å²) >= 11 is 6.03. The van der Waals surface area contributed by atoms with Crippen LogP contribution in [0.3, 0.4) is 0 Å². The van der Waals surface area contributed by atoms with Gasteiger partial charge in [0.05, 0.1) is 19.8 Å². The third kappa shape index (κ3) is 2.76. The van der Waals surface area contributed by atoms with E-state index in [1.165, 1.54) is 0 Å². The molecule has 6 heteroatoms. The predicted octanol–water partition coefficient (Wildman–Crippen LogP) is 4.07. The summed E-state index contributed by atoms with van der Waals surface area (Å²) in [5.74, 6) is 2.23. The van der Waals surface area contributed by atoms with E-state index in [2.05, 4.69) is 10.1 Å². The Hall–Kier alpha value is -2.53. The molecule has 0 radical (unpaired) electrons. The van der Waals surface area contributed by atoms with Gasteiger partial charge in [-0.3, -0.25) is 0 Å². The molecule has 3 rings (SSSR count). The third-order valence-electron chi connectivity index (χ3n) is 3.17. The van der Waals surface area contributed by atoms with Crippen LogP contribution in [0.15, 0.2) is 47.0 Å². The SMILES string of the molecule is COc1ccc(-c2nc(-c3cc(Cl)ccc3OC)no2)cc1. The largest absolute Gasteiger partial charge is 0.497 e. The lowest BCUT2D eigenvalue weighted by Gasteiger charge is -2.04. The third-order valence-corrected chi connectivity index (χ3v) is 3.40. The first-order chi connectivity index (χ1) is 10.7. The van der Waals surface area contributed by atoms with Crippen LogP contribution in [0.5, 0.6) is 11.5 Å². The standard InChI is InChI=1S/C16H13ClN2O3/c1-20-12-6-3-10(4-7-12)16-18-15(19-22-16)13-9-11(17)5-8-14(13)21-2/h3-9H,1-2H3. The van der Waals surface area contributed by atoms with Crippen molar-refractivity contribution in [3.05, 3.63) is 47.5 Å². The van der Waals surface area contributed by atoms with Crippen molar-refractivity contribution in [2.24, 2.45) is 0 Å². The number of nitrogens with zero attached hydrogens (tertiary/aromatic N) is 2. The second-order valence-electron chi connectivity index (χ2n) is 4.50. The Morgan fingerprint density at radius 1 is 1.00 bits per heavy atom. The fourth-order valence-electron chi connectivity index (χ4n) is 2.04. The van der Waals surface area contributed by atoms with E-state index < -0.39 is 0 Å². The lowest BCUT2D eigenvalue weighted by molar-refractivity contribution is 0.413. The van der Waals surface area contributed by atoms with Gasteiger partial charge in [0.15, 0.2) is 0 Å². The molecule has 112 valence electrons. The first-order valence-corrected chi connectivity index (χ1v) is 6.91. The number of halogens is 1. The molecule has 0 bridgehead atoms. The molecule has 0 saturated heterocycles. The molecule has 22 heavy (non-hydrogen) atoms. The lowest BCUT2D eigenvalue weighted by atomic mass is 10.2. The predicted molar refractivity (Wildman–Crippen MR) is 83.3 cm³/mol. The fourth-order valence-corrected chi connectivity index (χ4v) is 2.21. The van der Waals surface area contributed by atoms with E-state index in [1.807, 2.05) is 24.3 Å². The van der Waals surface area contributed by atoms with Crippen molar-refractivity contribution in [1.29, 1.82) is 0 Å². The summed E-state index contributed by atoms with van der Waals surface area (Å²) < 4.78 is 15.7. The van der Waals surface area contributed by atoms with E-state index >= 15 is 0 Å². The highest BCUT2D eigenvalue weighted by Crippen LogP contribution is 2.32. The molecule has 0 aliphatic heterocycles. The van der Waals surface area contributed by atoms with E-state index in [-0.39, 0.29) is 0 Å². The van der Waals surface area contributed by atoms with Crippen molar-refractivity contribution >= 4 is 11.6 Å². The zero-order chi connectivity index (χ0) is 15.5. The van der Waals surface area contributed by atoms with Gasteiger partial charge in [0, 0.05) is 10.6 Å². The minimum atomic E-state index is 0.416. The van der Waals surface area contributed by atoms with Gasteiger partial charge in [-0.05, 0) is 42.5 Å². The number of aromatic nitrogens is 2. The van der Waals surface area contributed by atoms with E-state index in [4.69, 9.17) is 25.6 Å². The Labute approximate surface area is 132 Å². The first kappa shape index (κ1) is 14.4. The Bertz CT molecular complexity index is 784. The van der Waals surface area contributed by atoms with Gasteiger partial charge in [0.1, 0.15) is 11.5 Å². The van der Waals surface area contributed by atoms with Crippen LogP contribution in [-0.2, 0) is 0 Å². The number of rotatable bonds is 4. The summed E-state index contributed by atoms with van der Waals surface area (Å²) in [6, 6.07) is 12.6. The fraction of sp³-hybridized carbons (Fsp3) is 0.125. The van der Waals surface area contributed by atoms with Gasteiger partial charge in [-0.1, -0.05) is 16.8 Å².